The van der Waals surface area contributed by atoms with E-state index in [9.17, 15) is 8.78 Å². The molecule has 1 saturated heterocycles. The van der Waals surface area contributed by atoms with Crippen LogP contribution in [0, 0.1) is 11.6 Å². The van der Waals surface area contributed by atoms with E-state index in [0.29, 0.717) is 13.2 Å². The maximum atomic E-state index is 13.9. The molecule has 0 spiro atoms. The number of hydrogen-bond donors (Lipinski definition) is 1. The SMILES string of the molecule is Fc1cccc(O[C@H](c2ccccc2)[C@H]2CNCCO2)c1F. The molecule has 22 heavy (non-hydrogen) atoms. The number of hydrogen-bond acceptors (Lipinski definition) is 3. The van der Waals surface area contributed by atoms with E-state index < -0.39 is 17.7 Å². The predicted molar refractivity (Wildman–Crippen MR) is 78.8 cm³/mol. The predicted octanol–water partition coefficient (Wildman–Crippen LogP) is 3.07. The van der Waals surface area contributed by atoms with Gasteiger partial charge in [0.15, 0.2) is 17.7 Å². The molecule has 2 atom stereocenters. The van der Waals surface area contributed by atoms with E-state index in [0.717, 1.165) is 18.2 Å². The van der Waals surface area contributed by atoms with Crippen LogP contribution in [0.1, 0.15) is 11.7 Å². The lowest BCUT2D eigenvalue weighted by molar-refractivity contribution is -0.0444. The number of nitrogens with one attached hydrogen (secondary N) is 1. The highest BCUT2D eigenvalue weighted by molar-refractivity contribution is 5.28. The lowest BCUT2D eigenvalue weighted by atomic mass is 10.0. The van der Waals surface area contributed by atoms with Gasteiger partial charge in [0.05, 0.1) is 6.61 Å². The van der Waals surface area contributed by atoms with Crippen molar-refractivity contribution in [3.8, 4) is 5.75 Å². The molecule has 0 radical (unpaired) electrons. The van der Waals surface area contributed by atoms with E-state index >= 15 is 0 Å². The van der Waals surface area contributed by atoms with Crippen molar-refractivity contribution >= 4 is 0 Å². The van der Waals surface area contributed by atoms with Gasteiger partial charge in [0.2, 0.25) is 5.82 Å². The van der Waals surface area contributed by atoms with E-state index in [1.54, 1.807) is 0 Å². The summed E-state index contributed by atoms with van der Waals surface area (Å²) in [6, 6.07) is 13.3. The van der Waals surface area contributed by atoms with Gasteiger partial charge in [-0.25, -0.2) is 4.39 Å². The molecule has 5 heteroatoms. The van der Waals surface area contributed by atoms with Crippen molar-refractivity contribution in [2.45, 2.75) is 12.2 Å². The molecule has 0 amide bonds. The fourth-order valence-corrected chi connectivity index (χ4v) is 2.49. The summed E-state index contributed by atoms with van der Waals surface area (Å²) in [5, 5.41) is 3.22. The summed E-state index contributed by atoms with van der Waals surface area (Å²) < 4.78 is 38.8. The molecule has 1 aliphatic heterocycles. The van der Waals surface area contributed by atoms with Gasteiger partial charge in [-0.15, -0.1) is 0 Å². The van der Waals surface area contributed by atoms with Gasteiger partial charge < -0.3 is 14.8 Å². The van der Waals surface area contributed by atoms with Crippen molar-refractivity contribution in [2.24, 2.45) is 0 Å². The van der Waals surface area contributed by atoms with Gasteiger partial charge in [0.1, 0.15) is 6.10 Å². The van der Waals surface area contributed by atoms with Gasteiger partial charge in [-0.1, -0.05) is 36.4 Å². The van der Waals surface area contributed by atoms with Crippen LogP contribution in [0.4, 0.5) is 8.78 Å². The quantitative estimate of drug-likeness (QED) is 0.941. The molecular formula is C17H17F2NO2. The molecule has 0 aromatic heterocycles. The van der Waals surface area contributed by atoms with Crippen molar-refractivity contribution in [1.29, 1.82) is 0 Å². The third kappa shape index (κ3) is 3.26. The first-order valence-electron chi connectivity index (χ1n) is 7.23. The van der Waals surface area contributed by atoms with Gasteiger partial charge in [-0.05, 0) is 17.7 Å². The average molecular weight is 305 g/mol. The molecule has 3 nitrogen and oxygen atoms in total. The van der Waals surface area contributed by atoms with Gasteiger partial charge in [0.25, 0.3) is 0 Å². The molecule has 1 N–H and O–H groups in total. The summed E-state index contributed by atoms with van der Waals surface area (Å²) in [4.78, 5) is 0. The smallest absolute Gasteiger partial charge is 0.200 e. The van der Waals surface area contributed by atoms with E-state index in [1.807, 2.05) is 30.3 Å². The van der Waals surface area contributed by atoms with Crippen molar-refractivity contribution in [3.05, 3.63) is 65.7 Å². The topological polar surface area (TPSA) is 30.5 Å². The number of benzene rings is 2. The Labute approximate surface area is 127 Å². The van der Waals surface area contributed by atoms with Gasteiger partial charge >= 0.3 is 0 Å². The third-order valence-electron chi connectivity index (χ3n) is 3.59. The minimum Gasteiger partial charge on any atom is -0.480 e. The standard InChI is InChI=1S/C17H17F2NO2/c18-13-7-4-8-14(16(13)19)22-17(12-5-2-1-3-6-12)15-11-20-9-10-21-15/h1-8,15,17,20H,9-11H2/t15-,17-/m1/s1. The Balaban J connectivity index is 1.89. The van der Waals surface area contributed by atoms with Crippen LogP contribution < -0.4 is 10.1 Å². The van der Waals surface area contributed by atoms with Crippen LogP contribution >= 0.6 is 0 Å². The second-order valence-corrected chi connectivity index (χ2v) is 5.11. The van der Waals surface area contributed by atoms with E-state index in [2.05, 4.69) is 5.32 Å². The summed E-state index contributed by atoms with van der Waals surface area (Å²) in [7, 11) is 0. The molecule has 1 fully saturated rings. The molecule has 2 aromatic carbocycles. The van der Waals surface area contributed by atoms with Crippen molar-refractivity contribution in [3.63, 3.8) is 0 Å². The second kappa shape index (κ2) is 6.85. The third-order valence-corrected chi connectivity index (χ3v) is 3.59. The van der Waals surface area contributed by atoms with Crippen LogP contribution in [0.3, 0.4) is 0 Å². The fraction of sp³-hybridized carbons (Fsp3) is 0.294. The Morgan fingerprint density at radius 1 is 1.09 bits per heavy atom. The lowest BCUT2D eigenvalue weighted by Gasteiger charge is -2.31. The lowest BCUT2D eigenvalue weighted by Crippen LogP contribution is -2.43. The number of rotatable bonds is 4. The van der Waals surface area contributed by atoms with E-state index in [1.165, 1.54) is 12.1 Å². The molecule has 1 heterocycles. The Bertz CT molecular complexity index is 615. The summed E-state index contributed by atoms with van der Waals surface area (Å²) in [6.07, 6.45) is -0.774. The fourth-order valence-electron chi connectivity index (χ4n) is 2.49. The van der Waals surface area contributed by atoms with Gasteiger partial charge in [-0.3, -0.25) is 0 Å². The molecule has 2 aromatic rings. The van der Waals surface area contributed by atoms with Crippen LogP contribution in [-0.4, -0.2) is 25.8 Å². The Hall–Kier alpha value is -1.98. The highest BCUT2D eigenvalue weighted by Gasteiger charge is 2.28. The van der Waals surface area contributed by atoms with Crippen molar-refractivity contribution in [1.82, 2.24) is 5.32 Å². The minimum absolute atomic E-state index is 0.108. The van der Waals surface area contributed by atoms with Crippen LogP contribution in [0.15, 0.2) is 48.5 Å². The van der Waals surface area contributed by atoms with Crippen molar-refractivity contribution in [2.75, 3.05) is 19.7 Å². The minimum atomic E-state index is -0.979. The normalized spacial score (nSPS) is 19.6. The first-order valence-corrected chi connectivity index (χ1v) is 7.23. The van der Waals surface area contributed by atoms with Crippen LogP contribution in [0.25, 0.3) is 0 Å². The molecule has 0 bridgehead atoms. The number of halogens is 2. The number of ether oxygens (including phenoxy) is 2. The maximum Gasteiger partial charge on any atom is 0.200 e. The summed E-state index contributed by atoms with van der Waals surface area (Å²) in [5.41, 5.74) is 0.861. The molecular weight excluding hydrogens is 288 g/mol. The molecule has 116 valence electrons. The summed E-state index contributed by atoms with van der Waals surface area (Å²) in [6.45, 7) is 1.92. The zero-order valence-electron chi connectivity index (χ0n) is 12.0. The zero-order chi connectivity index (χ0) is 15.4. The Kier molecular flexibility index (Phi) is 4.65. The highest BCUT2D eigenvalue weighted by Crippen LogP contribution is 2.29. The average Bonchev–Trinajstić information content (AvgIpc) is 2.58. The number of morpholine rings is 1. The van der Waals surface area contributed by atoms with E-state index in [-0.39, 0.29) is 11.9 Å². The summed E-state index contributed by atoms with van der Waals surface area (Å²) >= 11 is 0. The van der Waals surface area contributed by atoms with Crippen LogP contribution in [0.2, 0.25) is 0 Å². The molecule has 3 rings (SSSR count). The largest absolute Gasteiger partial charge is 0.480 e. The van der Waals surface area contributed by atoms with Gasteiger partial charge in [0, 0.05) is 13.1 Å². The maximum absolute atomic E-state index is 13.9. The highest BCUT2D eigenvalue weighted by atomic mass is 19.2. The molecule has 0 unspecified atom stereocenters. The zero-order valence-corrected chi connectivity index (χ0v) is 12.0. The first kappa shape index (κ1) is 14.9. The van der Waals surface area contributed by atoms with Gasteiger partial charge in [-0.2, -0.15) is 4.39 Å². The summed E-state index contributed by atoms with van der Waals surface area (Å²) in [5.74, 6) is -2.01. The molecule has 0 aliphatic carbocycles. The Morgan fingerprint density at radius 2 is 1.91 bits per heavy atom. The first-order chi connectivity index (χ1) is 10.8. The Morgan fingerprint density at radius 3 is 2.64 bits per heavy atom. The molecule has 0 saturated carbocycles. The second-order valence-electron chi connectivity index (χ2n) is 5.11. The van der Waals surface area contributed by atoms with Crippen LogP contribution in [0.5, 0.6) is 5.75 Å². The molecule has 1 aliphatic rings. The monoisotopic (exact) mass is 305 g/mol. The van der Waals surface area contributed by atoms with E-state index in [4.69, 9.17) is 9.47 Å². The van der Waals surface area contributed by atoms with Crippen LogP contribution in [-0.2, 0) is 4.74 Å². The van der Waals surface area contributed by atoms with Crippen molar-refractivity contribution < 1.29 is 18.3 Å².